The number of nitrogens with zero attached hydrogens (tertiary/aromatic N) is 2. The van der Waals surface area contributed by atoms with Gasteiger partial charge in [0.05, 0.1) is 22.8 Å². The number of fused-ring (bicyclic) bond motifs is 5. The minimum atomic E-state index is 0.829. The summed E-state index contributed by atoms with van der Waals surface area (Å²) in [5, 5.41) is 20.0. The summed E-state index contributed by atoms with van der Waals surface area (Å²) in [6, 6.07) is 81.1. The fourth-order valence-electron chi connectivity index (χ4n) is 13.2. The van der Waals surface area contributed by atoms with Gasteiger partial charge in [-0.15, -0.1) is 0 Å². The van der Waals surface area contributed by atoms with Crippen molar-refractivity contribution >= 4 is 115 Å². The molecule has 0 bridgehead atoms. The van der Waals surface area contributed by atoms with Crippen LogP contribution in [0.5, 0.6) is 17.2 Å². The van der Waals surface area contributed by atoms with E-state index in [1.807, 2.05) is 0 Å². The third-order valence-corrected chi connectivity index (χ3v) is 16.3. The van der Waals surface area contributed by atoms with Gasteiger partial charge in [-0.3, -0.25) is 0 Å². The highest BCUT2D eigenvalue weighted by Crippen LogP contribution is 2.55. The van der Waals surface area contributed by atoms with Gasteiger partial charge in [-0.25, -0.2) is 0 Å². The van der Waals surface area contributed by atoms with Crippen molar-refractivity contribution < 1.29 is 9.47 Å². The molecule has 14 aromatic rings. The van der Waals surface area contributed by atoms with Crippen LogP contribution in [0.3, 0.4) is 0 Å². The van der Waals surface area contributed by atoms with Gasteiger partial charge < -0.3 is 19.3 Å². The molecule has 0 fully saturated rings. The number of anilines is 5. The zero-order valence-electron chi connectivity index (χ0n) is 40.1. The highest BCUT2D eigenvalue weighted by molar-refractivity contribution is 6.32. The highest BCUT2D eigenvalue weighted by Gasteiger charge is 2.31. The predicted molar refractivity (Wildman–Crippen MR) is 309 cm³/mol. The second-order valence-corrected chi connectivity index (χ2v) is 20.2. The number of benzene rings is 14. The Labute approximate surface area is 426 Å². The molecule has 17 rings (SSSR count). The molecule has 0 radical (unpaired) electrons. The fraction of sp³-hybridized carbons (Fsp3) is 0.0286. The Morgan fingerprint density at radius 2 is 0.743 bits per heavy atom. The lowest BCUT2D eigenvalue weighted by Gasteiger charge is -2.36. The summed E-state index contributed by atoms with van der Waals surface area (Å²) in [5.41, 5.74) is 11.2. The lowest BCUT2D eigenvalue weighted by molar-refractivity contribution is 0.421. The molecule has 4 heteroatoms. The van der Waals surface area contributed by atoms with E-state index in [-0.39, 0.29) is 0 Å². The van der Waals surface area contributed by atoms with E-state index < -0.39 is 0 Å². The quantitative estimate of drug-likeness (QED) is 0.130. The molecule has 0 unspecified atom stereocenters. The Bertz CT molecular complexity index is 4740. The first-order valence-electron chi connectivity index (χ1n) is 25.7. The fourth-order valence-corrected chi connectivity index (χ4v) is 13.2. The summed E-state index contributed by atoms with van der Waals surface area (Å²) < 4.78 is 13.2. The van der Waals surface area contributed by atoms with Gasteiger partial charge in [-0.05, 0) is 188 Å². The van der Waals surface area contributed by atoms with E-state index >= 15 is 0 Å². The van der Waals surface area contributed by atoms with Crippen LogP contribution in [-0.2, 0) is 0 Å². The van der Waals surface area contributed by atoms with E-state index in [1.54, 1.807) is 0 Å². The van der Waals surface area contributed by atoms with Crippen LogP contribution in [0.2, 0.25) is 0 Å². The first kappa shape index (κ1) is 40.0. The van der Waals surface area contributed by atoms with E-state index in [1.165, 1.54) is 114 Å². The average molecular weight is 943 g/mol. The van der Waals surface area contributed by atoms with Crippen molar-refractivity contribution in [2.24, 2.45) is 0 Å². The molecule has 344 valence electrons. The Kier molecular flexibility index (Phi) is 8.09. The van der Waals surface area contributed by atoms with Gasteiger partial charge in [-0.1, -0.05) is 164 Å². The standard InChI is InChI=1S/C70H42N2O2/c1-5-19-61-57(15-1)71(58-16-2-6-20-62(58)73-61)47-31-37-53-55(39-47)69(51-35-29-45-25-23-41-11-9-13-43-27-33-49(51)67(45)65(41)43)54-38-32-48(72-59-17-3-7-21-63(59)74-64-22-8-4-18-60(64)72)40-56(54)70(53)52-36-30-46-26-24-42-12-10-14-44-28-34-50(52)68(46)66(42)44/h1-3,5-17,19-40H,4,18H2. The maximum Gasteiger partial charge on any atom is 0.151 e. The van der Waals surface area contributed by atoms with Crippen LogP contribution in [0.4, 0.5) is 28.4 Å². The monoisotopic (exact) mass is 942 g/mol. The molecule has 0 amide bonds. The molecule has 0 saturated carbocycles. The number of allylic oxidation sites excluding steroid dienone is 3. The molecule has 14 aromatic carbocycles. The topological polar surface area (TPSA) is 24.9 Å². The van der Waals surface area contributed by atoms with E-state index in [4.69, 9.17) is 9.47 Å². The van der Waals surface area contributed by atoms with Gasteiger partial charge in [0, 0.05) is 11.4 Å². The van der Waals surface area contributed by atoms with E-state index in [9.17, 15) is 0 Å². The Balaban J connectivity index is 1.05. The molecule has 2 aliphatic heterocycles. The number of hydrogen-bond donors (Lipinski definition) is 0. The van der Waals surface area contributed by atoms with Crippen LogP contribution in [0.15, 0.2) is 242 Å². The Morgan fingerprint density at radius 1 is 0.324 bits per heavy atom. The lowest BCUT2D eigenvalue weighted by Crippen LogP contribution is -2.25. The normalized spacial score (nSPS) is 14.2. The molecule has 0 aromatic heterocycles. The molecule has 0 spiro atoms. The molecule has 4 nitrogen and oxygen atoms in total. The van der Waals surface area contributed by atoms with Crippen molar-refractivity contribution in [3.05, 3.63) is 242 Å². The minimum Gasteiger partial charge on any atom is -0.453 e. The van der Waals surface area contributed by atoms with Crippen molar-refractivity contribution in [3.8, 4) is 39.5 Å². The summed E-state index contributed by atoms with van der Waals surface area (Å²) in [7, 11) is 0. The molecular weight excluding hydrogens is 901 g/mol. The SMILES string of the molecule is C1=CC2=C(CC1)N(c1ccc3c(-c4ccc5ccc6cccc7ccc4c5c67)c4cc(N5c6ccccc6Oc6ccccc65)ccc4c(-c4ccc5ccc6cccc7ccc4c5c67)c3c1)c1ccccc1O2. The van der Waals surface area contributed by atoms with Gasteiger partial charge in [0.2, 0.25) is 0 Å². The van der Waals surface area contributed by atoms with Crippen molar-refractivity contribution in [3.63, 3.8) is 0 Å². The number of rotatable bonds is 4. The van der Waals surface area contributed by atoms with Gasteiger partial charge in [0.1, 0.15) is 5.76 Å². The maximum atomic E-state index is 6.64. The second-order valence-electron chi connectivity index (χ2n) is 20.2. The summed E-state index contributed by atoms with van der Waals surface area (Å²) in [6.07, 6.45) is 6.21. The van der Waals surface area contributed by atoms with Crippen LogP contribution in [0, 0.1) is 0 Å². The zero-order chi connectivity index (χ0) is 48.2. The number of ether oxygens (including phenoxy) is 2. The summed E-state index contributed by atoms with van der Waals surface area (Å²) in [4.78, 5) is 4.84. The van der Waals surface area contributed by atoms with Crippen LogP contribution in [0.25, 0.3) is 108 Å². The molecule has 1 aliphatic carbocycles. The van der Waals surface area contributed by atoms with Crippen LogP contribution >= 0.6 is 0 Å². The summed E-state index contributed by atoms with van der Waals surface area (Å²) >= 11 is 0. The van der Waals surface area contributed by atoms with E-state index in [0.717, 1.165) is 64.3 Å². The number of hydrogen-bond acceptors (Lipinski definition) is 4. The molecule has 0 saturated heterocycles. The van der Waals surface area contributed by atoms with Crippen LogP contribution in [-0.4, -0.2) is 0 Å². The highest BCUT2D eigenvalue weighted by atomic mass is 16.5. The van der Waals surface area contributed by atoms with Crippen LogP contribution in [0.1, 0.15) is 12.8 Å². The van der Waals surface area contributed by atoms with Gasteiger partial charge >= 0.3 is 0 Å². The van der Waals surface area contributed by atoms with Crippen LogP contribution < -0.4 is 19.3 Å². The molecule has 74 heavy (non-hydrogen) atoms. The maximum absolute atomic E-state index is 6.64. The Morgan fingerprint density at radius 3 is 1.27 bits per heavy atom. The second kappa shape index (κ2) is 15.0. The van der Waals surface area contributed by atoms with Crippen molar-refractivity contribution in [2.45, 2.75) is 12.8 Å². The molecule has 3 aliphatic rings. The molecular formula is C70H42N2O2. The molecule has 2 heterocycles. The van der Waals surface area contributed by atoms with Gasteiger partial charge in [0.15, 0.2) is 17.2 Å². The third-order valence-electron chi connectivity index (χ3n) is 16.3. The van der Waals surface area contributed by atoms with Gasteiger partial charge in [0.25, 0.3) is 0 Å². The van der Waals surface area contributed by atoms with E-state index in [0.29, 0.717) is 0 Å². The van der Waals surface area contributed by atoms with Gasteiger partial charge in [-0.2, -0.15) is 0 Å². The predicted octanol–water partition coefficient (Wildman–Crippen LogP) is 19.8. The lowest BCUT2D eigenvalue weighted by atomic mass is 9.81. The first-order valence-corrected chi connectivity index (χ1v) is 25.7. The summed E-state index contributed by atoms with van der Waals surface area (Å²) in [6.45, 7) is 0. The average Bonchev–Trinajstić information content (AvgIpc) is 3.48. The number of para-hydroxylation sites is 6. The van der Waals surface area contributed by atoms with Crippen molar-refractivity contribution in [2.75, 3.05) is 9.80 Å². The summed E-state index contributed by atoms with van der Waals surface area (Å²) in [5.74, 6) is 3.43. The first-order chi connectivity index (χ1) is 36.7. The molecule has 0 atom stereocenters. The van der Waals surface area contributed by atoms with Crippen molar-refractivity contribution in [1.29, 1.82) is 0 Å². The van der Waals surface area contributed by atoms with E-state index in [2.05, 4.69) is 240 Å². The zero-order valence-corrected chi connectivity index (χ0v) is 40.1. The minimum absolute atomic E-state index is 0.829. The largest absolute Gasteiger partial charge is 0.453 e. The third kappa shape index (κ3) is 5.51. The Hall–Kier alpha value is -9.64. The smallest absolute Gasteiger partial charge is 0.151 e. The molecule has 0 N–H and O–H groups in total. The van der Waals surface area contributed by atoms with Crippen molar-refractivity contribution in [1.82, 2.24) is 0 Å².